The number of carbonyl (C=O) groups excluding carboxylic acids is 1. The number of ether oxygens (including phenoxy) is 1. The zero-order valence-corrected chi connectivity index (χ0v) is 14.6. The van der Waals surface area contributed by atoms with Gasteiger partial charge in [0, 0.05) is 46.8 Å². The molecule has 2 aliphatic rings. The molecule has 4 rings (SSSR count). The summed E-state index contributed by atoms with van der Waals surface area (Å²) < 4.78 is 5.78. The summed E-state index contributed by atoms with van der Waals surface area (Å²) in [5, 5.41) is 8.98. The Kier molecular flexibility index (Phi) is 3.81. The van der Waals surface area contributed by atoms with E-state index in [0.717, 1.165) is 29.3 Å². The number of urea groups is 1. The normalized spacial score (nSPS) is 27.2. The van der Waals surface area contributed by atoms with Gasteiger partial charge in [-0.15, -0.1) is 11.3 Å². The molecule has 24 heavy (non-hydrogen) atoms. The second-order valence-corrected chi connectivity index (χ2v) is 7.95. The van der Waals surface area contributed by atoms with E-state index >= 15 is 0 Å². The number of hydrogen-bond acceptors (Lipinski definition) is 4. The molecule has 126 valence electrons. The van der Waals surface area contributed by atoms with Crippen molar-refractivity contribution in [2.24, 2.45) is 11.3 Å². The molecule has 0 radical (unpaired) electrons. The Hall–Kier alpha value is -1.92. The number of aromatic nitrogens is 1. The van der Waals surface area contributed by atoms with E-state index in [-0.39, 0.29) is 23.6 Å². The Labute approximate surface area is 145 Å². The highest BCUT2D eigenvalue weighted by molar-refractivity contribution is 7.13. The molecule has 1 saturated heterocycles. The van der Waals surface area contributed by atoms with Gasteiger partial charge in [-0.05, 0) is 18.6 Å². The van der Waals surface area contributed by atoms with Gasteiger partial charge in [0.05, 0.1) is 6.10 Å². The predicted octanol–water partition coefficient (Wildman–Crippen LogP) is 3.75. The second kappa shape index (κ2) is 5.86. The minimum atomic E-state index is -0.158. The molecule has 2 heterocycles. The van der Waals surface area contributed by atoms with Crippen molar-refractivity contribution >= 4 is 23.1 Å². The molecule has 1 aliphatic carbocycles. The Morgan fingerprint density at radius 1 is 1.42 bits per heavy atom. The average molecular weight is 343 g/mol. The van der Waals surface area contributed by atoms with Crippen molar-refractivity contribution in [3.05, 3.63) is 35.8 Å². The molecule has 1 saturated carbocycles. The highest BCUT2D eigenvalue weighted by Gasteiger charge is 2.59. The number of nitrogens with zero attached hydrogens (tertiary/aromatic N) is 1. The largest absolute Gasteiger partial charge is 0.377 e. The first kappa shape index (κ1) is 15.6. The van der Waals surface area contributed by atoms with Crippen LogP contribution in [0.4, 0.5) is 10.5 Å². The third-order valence-electron chi connectivity index (χ3n) is 5.19. The number of fused-ring (bicyclic) bond motifs is 1. The molecule has 3 unspecified atom stereocenters. The van der Waals surface area contributed by atoms with E-state index in [4.69, 9.17) is 4.74 Å². The van der Waals surface area contributed by atoms with E-state index in [1.54, 1.807) is 17.5 Å². The maximum Gasteiger partial charge on any atom is 0.319 e. The smallest absolute Gasteiger partial charge is 0.319 e. The first-order chi connectivity index (χ1) is 11.6. The van der Waals surface area contributed by atoms with E-state index < -0.39 is 0 Å². The van der Waals surface area contributed by atoms with Gasteiger partial charge in [0.1, 0.15) is 5.01 Å². The SMILES string of the molecule is CC1(C)C(NC(=O)Nc2cccc(-c3nccs3)c2)C2CCOC21. The number of rotatable bonds is 3. The van der Waals surface area contributed by atoms with Gasteiger partial charge in [-0.1, -0.05) is 26.0 Å². The molecular formula is C18H21N3O2S. The predicted molar refractivity (Wildman–Crippen MR) is 95.1 cm³/mol. The number of nitrogens with one attached hydrogen (secondary N) is 2. The second-order valence-electron chi connectivity index (χ2n) is 7.06. The number of thiazole rings is 1. The summed E-state index contributed by atoms with van der Waals surface area (Å²) in [5.41, 5.74) is 1.77. The van der Waals surface area contributed by atoms with Crippen molar-refractivity contribution in [3.63, 3.8) is 0 Å². The maximum atomic E-state index is 12.4. The van der Waals surface area contributed by atoms with Crippen LogP contribution in [-0.4, -0.2) is 29.8 Å². The summed E-state index contributed by atoms with van der Waals surface area (Å²) in [6, 6.07) is 7.77. The summed E-state index contributed by atoms with van der Waals surface area (Å²) in [4.78, 5) is 16.7. The van der Waals surface area contributed by atoms with E-state index in [2.05, 4.69) is 29.5 Å². The van der Waals surface area contributed by atoms with Crippen LogP contribution >= 0.6 is 11.3 Å². The van der Waals surface area contributed by atoms with Gasteiger partial charge in [0.15, 0.2) is 0 Å². The van der Waals surface area contributed by atoms with Crippen molar-refractivity contribution in [1.29, 1.82) is 0 Å². The van der Waals surface area contributed by atoms with E-state index in [1.165, 1.54) is 0 Å². The molecule has 3 atom stereocenters. The molecule has 5 nitrogen and oxygen atoms in total. The van der Waals surface area contributed by atoms with Crippen molar-refractivity contribution in [2.75, 3.05) is 11.9 Å². The third-order valence-corrected chi connectivity index (χ3v) is 6.01. The van der Waals surface area contributed by atoms with Crippen LogP contribution < -0.4 is 10.6 Å². The lowest BCUT2D eigenvalue weighted by molar-refractivity contribution is -0.107. The average Bonchev–Trinajstić information content (AvgIpc) is 3.23. The summed E-state index contributed by atoms with van der Waals surface area (Å²) in [6.07, 6.45) is 3.08. The number of amides is 2. The molecule has 2 aromatic rings. The van der Waals surface area contributed by atoms with Crippen LogP contribution in [0.5, 0.6) is 0 Å². The fourth-order valence-corrected chi connectivity index (χ4v) is 4.66. The molecule has 1 aromatic carbocycles. The molecule has 6 heteroatoms. The van der Waals surface area contributed by atoms with Gasteiger partial charge in [0.25, 0.3) is 0 Å². The zero-order chi connectivity index (χ0) is 16.7. The minimum Gasteiger partial charge on any atom is -0.377 e. The highest BCUT2D eigenvalue weighted by Crippen LogP contribution is 2.52. The fourth-order valence-electron chi connectivity index (χ4n) is 4.02. The monoisotopic (exact) mass is 343 g/mol. The van der Waals surface area contributed by atoms with Crippen LogP contribution in [0.3, 0.4) is 0 Å². The van der Waals surface area contributed by atoms with Gasteiger partial charge in [-0.2, -0.15) is 0 Å². The lowest BCUT2D eigenvalue weighted by Crippen LogP contribution is -2.67. The molecule has 1 aliphatic heterocycles. The standard InChI is InChI=1S/C18H21N3O2S/c1-18(2)14(13-6-8-23-15(13)18)21-17(22)20-12-5-3-4-11(10-12)16-19-7-9-24-16/h3-5,7,9-10,13-15H,6,8H2,1-2H3,(H2,20,21,22). The lowest BCUT2D eigenvalue weighted by Gasteiger charge is -2.54. The summed E-state index contributed by atoms with van der Waals surface area (Å²) in [7, 11) is 0. The van der Waals surface area contributed by atoms with Crippen LogP contribution in [0.1, 0.15) is 20.3 Å². The van der Waals surface area contributed by atoms with E-state index in [9.17, 15) is 4.79 Å². The highest BCUT2D eigenvalue weighted by atomic mass is 32.1. The number of carbonyl (C=O) groups is 1. The van der Waals surface area contributed by atoms with Gasteiger partial charge >= 0.3 is 6.03 Å². The number of anilines is 1. The lowest BCUT2D eigenvalue weighted by atomic mass is 9.57. The molecule has 2 N–H and O–H groups in total. The zero-order valence-electron chi connectivity index (χ0n) is 13.8. The van der Waals surface area contributed by atoms with Crippen LogP contribution in [0.25, 0.3) is 10.6 Å². The Bertz CT molecular complexity index is 744. The molecule has 2 amide bonds. The van der Waals surface area contributed by atoms with Gasteiger partial charge in [-0.25, -0.2) is 9.78 Å². The van der Waals surface area contributed by atoms with Gasteiger partial charge < -0.3 is 15.4 Å². The molecule has 1 aromatic heterocycles. The molecular weight excluding hydrogens is 322 g/mol. The minimum absolute atomic E-state index is 0.0127. The number of hydrogen-bond donors (Lipinski definition) is 2. The van der Waals surface area contributed by atoms with Crippen LogP contribution in [0, 0.1) is 11.3 Å². The first-order valence-electron chi connectivity index (χ1n) is 8.25. The van der Waals surface area contributed by atoms with E-state index in [0.29, 0.717) is 5.92 Å². The first-order valence-corrected chi connectivity index (χ1v) is 9.13. The Balaban J connectivity index is 1.43. The van der Waals surface area contributed by atoms with Crippen LogP contribution in [0.2, 0.25) is 0 Å². The summed E-state index contributed by atoms with van der Waals surface area (Å²) in [5.74, 6) is 0.437. The van der Waals surface area contributed by atoms with Crippen LogP contribution in [0.15, 0.2) is 35.8 Å². The third kappa shape index (κ3) is 2.59. The topological polar surface area (TPSA) is 63.2 Å². The maximum absolute atomic E-state index is 12.4. The number of benzene rings is 1. The van der Waals surface area contributed by atoms with Crippen molar-refractivity contribution < 1.29 is 9.53 Å². The molecule has 2 fully saturated rings. The van der Waals surface area contributed by atoms with Gasteiger partial charge in [-0.3, -0.25) is 0 Å². The fraction of sp³-hybridized carbons (Fsp3) is 0.444. The van der Waals surface area contributed by atoms with Crippen LogP contribution in [-0.2, 0) is 4.74 Å². The Morgan fingerprint density at radius 2 is 2.29 bits per heavy atom. The van der Waals surface area contributed by atoms with E-state index in [1.807, 2.05) is 29.6 Å². The van der Waals surface area contributed by atoms with Crippen molar-refractivity contribution in [2.45, 2.75) is 32.4 Å². The molecule has 0 bridgehead atoms. The summed E-state index contributed by atoms with van der Waals surface area (Å²) in [6.45, 7) is 5.12. The van der Waals surface area contributed by atoms with Crippen molar-refractivity contribution in [1.82, 2.24) is 10.3 Å². The Morgan fingerprint density at radius 3 is 3.08 bits per heavy atom. The quantitative estimate of drug-likeness (QED) is 0.892. The van der Waals surface area contributed by atoms with Gasteiger partial charge in [0.2, 0.25) is 0 Å². The van der Waals surface area contributed by atoms with Crippen molar-refractivity contribution in [3.8, 4) is 10.6 Å². The summed E-state index contributed by atoms with van der Waals surface area (Å²) >= 11 is 1.58. The molecule has 0 spiro atoms.